The van der Waals surface area contributed by atoms with E-state index in [1.54, 1.807) is 67.2 Å². The van der Waals surface area contributed by atoms with Crippen LogP contribution in [0.2, 0.25) is 0 Å². The van der Waals surface area contributed by atoms with E-state index in [1.807, 2.05) is 0 Å². The zero-order valence-electron chi connectivity index (χ0n) is 34.8. The lowest BCUT2D eigenvalue weighted by atomic mass is 10.2. The average Bonchev–Trinajstić information content (AvgIpc) is 3.06. The summed E-state index contributed by atoms with van der Waals surface area (Å²) in [7, 11) is 0. The van der Waals surface area contributed by atoms with Gasteiger partial charge in [-0.25, -0.2) is 24.0 Å². The summed E-state index contributed by atoms with van der Waals surface area (Å²) in [5, 5.41) is 22.9. The van der Waals surface area contributed by atoms with Gasteiger partial charge in [-0.1, -0.05) is 0 Å². The summed E-state index contributed by atoms with van der Waals surface area (Å²) in [6.45, 7) is 16.4. The maximum absolute atomic E-state index is 13.3. The van der Waals surface area contributed by atoms with Gasteiger partial charge in [-0.3, -0.25) is 19.8 Å². The molecule has 1 aliphatic rings. The van der Waals surface area contributed by atoms with E-state index in [0.29, 0.717) is 0 Å². The van der Waals surface area contributed by atoms with Gasteiger partial charge in [-0.15, -0.1) is 0 Å². The van der Waals surface area contributed by atoms with Crippen molar-refractivity contribution in [1.82, 2.24) is 24.9 Å². The predicted octanol–water partition coefficient (Wildman–Crippen LogP) is 3.97. The highest BCUT2D eigenvalue weighted by atomic mass is 16.7. The molecule has 1 aliphatic heterocycles. The molecule has 1 heterocycles. The Hall–Kier alpha value is -5.44. The minimum atomic E-state index is -1.58. The second-order valence-electron chi connectivity index (χ2n) is 16.1. The molecule has 21 heteroatoms. The standard InChI is InChI=1S/C37H58N6O15/c1-35(2,3)56-31(47)40-15-13-39(14-16-41(32(48)57-36(4,5)6)18-20-42(19-17-40)33(49)58-37(7,8)9)25-29(44)38-12-21-53-22-23-54-34(50)55-26-10-11-28(43(51)52)27(24-26)30(45)46/h10-11,24H,12-23,25H2,1-9H3,(H,38,44)(H,45,46). The van der Waals surface area contributed by atoms with Crippen molar-refractivity contribution in [1.29, 1.82) is 0 Å². The largest absolute Gasteiger partial charge is 0.513 e. The van der Waals surface area contributed by atoms with Crippen LogP contribution >= 0.6 is 0 Å². The van der Waals surface area contributed by atoms with Gasteiger partial charge in [0.15, 0.2) is 0 Å². The number of aromatic carboxylic acids is 1. The third-order valence-corrected chi connectivity index (χ3v) is 7.59. The molecule has 326 valence electrons. The lowest BCUT2D eigenvalue weighted by Gasteiger charge is -2.35. The maximum Gasteiger partial charge on any atom is 0.513 e. The van der Waals surface area contributed by atoms with Crippen LogP contribution in [0.4, 0.5) is 24.9 Å². The van der Waals surface area contributed by atoms with E-state index in [1.165, 1.54) is 14.7 Å². The lowest BCUT2D eigenvalue weighted by Crippen LogP contribution is -2.52. The first-order chi connectivity index (χ1) is 26.8. The van der Waals surface area contributed by atoms with Gasteiger partial charge >= 0.3 is 30.4 Å². The van der Waals surface area contributed by atoms with Gasteiger partial charge in [0.05, 0.1) is 24.7 Å². The molecule has 4 amide bonds. The summed E-state index contributed by atoms with van der Waals surface area (Å²) in [6.07, 6.45) is -2.99. The predicted molar refractivity (Wildman–Crippen MR) is 206 cm³/mol. The van der Waals surface area contributed by atoms with Crippen molar-refractivity contribution in [3.8, 4) is 5.75 Å². The second-order valence-corrected chi connectivity index (χ2v) is 16.1. The molecule has 0 aliphatic carbocycles. The topological polar surface area (TPSA) is 246 Å². The quantitative estimate of drug-likeness (QED) is 0.0800. The number of rotatable bonds is 11. The summed E-state index contributed by atoms with van der Waals surface area (Å²) in [5.74, 6) is -2.22. The van der Waals surface area contributed by atoms with E-state index in [2.05, 4.69) is 5.32 Å². The monoisotopic (exact) mass is 826 g/mol. The number of nitrogens with zero attached hydrogens (tertiary/aromatic N) is 5. The van der Waals surface area contributed by atoms with Crippen molar-refractivity contribution >= 4 is 42.0 Å². The smallest absolute Gasteiger partial charge is 0.477 e. The zero-order chi connectivity index (χ0) is 43.8. The number of amides is 4. The molecule has 0 atom stereocenters. The summed E-state index contributed by atoms with van der Waals surface area (Å²) in [6, 6.07) is 2.77. The minimum Gasteiger partial charge on any atom is -0.477 e. The van der Waals surface area contributed by atoms with E-state index in [9.17, 15) is 44.0 Å². The first kappa shape index (κ1) is 48.7. The first-order valence-electron chi connectivity index (χ1n) is 18.7. The third-order valence-electron chi connectivity index (χ3n) is 7.59. The normalized spacial score (nSPS) is 14.9. The van der Waals surface area contributed by atoms with Gasteiger partial charge in [0.25, 0.3) is 5.69 Å². The van der Waals surface area contributed by atoms with Crippen LogP contribution in [0.5, 0.6) is 5.75 Å². The molecule has 58 heavy (non-hydrogen) atoms. The number of nitro benzene ring substituents is 1. The molecule has 0 bridgehead atoms. The Kier molecular flexibility index (Phi) is 18.4. The molecule has 1 fully saturated rings. The van der Waals surface area contributed by atoms with Gasteiger partial charge in [-0.05, 0) is 68.4 Å². The van der Waals surface area contributed by atoms with Crippen LogP contribution in [0.1, 0.15) is 72.7 Å². The number of hydrogen-bond acceptors (Lipinski definition) is 15. The number of nitrogens with one attached hydrogen (secondary N) is 1. The van der Waals surface area contributed by atoms with Crippen molar-refractivity contribution in [3.05, 3.63) is 33.9 Å². The van der Waals surface area contributed by atoms with Crippen molar-refractivity contribution < 1.29 is 67.2 Å². The fourth-order valence-electron chi connectivity index (χ4n) is 4.98. The van der Waals surface area contributed by atoms with Crippen molar-refractivity contribution in [2.75, 3.05) is 85.3 Å². The summed E-state index contributed by atoms with van der Waals surface area (Å²) in [4.78, 5) is 92.5. The van der Waals surface area contributed by atoms with Crippen LogP contribution in [0.3, 0.4) is 0 Å². The number of carboxylic acid groups (broad SMARTS) is 1. The van der Waals surface area contributed by atoms with Gasteiger partial charge in [-0.2, -0.15) is 0 Å². The van der Waals surface area contributed by atoms with Crippen LogP contribution < -0.4 is 10.1 Å². The van der Waals surface area contributed by atoms with Crippen molar-refractivity contribution in [3.63, 3.8) is 0 Å². The Labute approximate surface area is 337 Å². The Morgan fingerprint density at radius 2 is 1.16 bits per heavy atom. The average molecular weight is 827 g/mol. The van der Waals surface area contributed by atoms with Gasteiger partial charge in [0.2, 0.25) is 5.91 Å². The van der Waals surface area contributed by atoms with Crippen LogP contribution in [0.15, 0.2) is 18.2 Å². The summed E-state index contributed by atoms with van der Waals surface area (Å²) in [5.41, 5.74) is -3.70. The van der Waals surface area contributed by atoms with E-state index >= 15 is 0 Å². The lowest BCUT2D eigenvalue weighted by molar-refractivity contribution is -0.385. The number of carbonyl (C=O) groups is 6. The number of nitro groups is 1. The van der Waals surface area contributed by atoms with Gasteiger partial charge < -0.3 is 53.5 Å². The minimum absolute atomic E-state index is 0.0431. The van der Waals surface area contributed by atoms with E-state index in [4.69, 9.17) is 28.4 Å². The highest BCUT2D eigenvalue weighted by Crippen LogP contribution is 2.24. The second kappa shape index (κ2) is 21.9. The molecule has 0 unspecified atom stereocenters. The molecule has 2 rings (SSSR count). The van der Waals surface area contributed by atoms with E-state index in [-0.39, 0.29) is 96.9 Å². The molecule has 2 N–H and O–H groups in total. The molecule has 0 aromatic heterocycles. The SMILES string of the molecule is CC(C)(C)OC(=O)N1CCN(CC(=O)NCCOCCOC(=O)Oc2ccc([N+](=O)[O-])c(C(=O)O)c2)CCN(C(=O)OC(C)(C)C)CCN(C(=O)OC(C)(C)C)CC1. The molecular formula is C37H58N6O15. The first-order valence-corrected chi connectivity index (χ1v) is 18.7. The molecule has 0 radical (unpaired) electrons. The molecule has 1 aromatic carbocycles. The molecule has 1 saturated heterocycles. The van der Waals surface area contributed by atoms with Crippen LogP contribution in [-0.2, 0) is 28.5 Å². The summed E-state index contributed by atoms with van der Waals surface area (Å²) < 4.78 is 32.1. The number of carboxylic acids is 1. The highest BCUT2D eigenvalue weighted by Gasteiger charge is 2.30. The molecule has 0 saturated carbocycles. The number of carbonyl (C=O) groups excluding carboxylic acids is 5. The molecule has 1 aromatic rings. The Morgan fingerprint density at radius 3 is 1.57 bits per heavy atom. The van der Waals surface area contributed by atoms with Crippen LogP contribution in [0, 0.1) is 10.1 Å². The highest BCUT2D eigenvalue weighted by molar-refractivity contribution is 5.93. The Balaban J connectivity index is 2.02. The van der Waals surface area contributed by atoms with Crippen molar-refractivity contribution in [2.45, 2.75) is 79.1 Å². The number of ether oxygens (including phenoxy) is 6. The van der Waals surface area contributed by atoms with E-state index < -0.39 is 63.4 Å². The van der Waals surface area contributed by atoms with E-state index in [0.717, 1.165) is 18.2 Å². The number of benzene rings is 1. The molecule has 0 spiro atoms. The molecular weight excluding hydrogens is 768 g/mol. The Morgan fingerprint density at radius 1 is 0.707 bits per heavy atom. The number of hydrogen-bond donors (Lipinski definition) is 2. The molecule has 21 nitrogen and oxygen atoms in total. The zero-order valence-corrected chi connectivity index (χ0v) is 34.8. The summed E-state index contributed by atoms with van der Waals surface area (Å²) >= 11 is 0. The van der Waals surface area contributed by atoms with Crippen LogP contribution in [-0.4, -0.2) is 168 Å². The van der Waals surface area contributed by atoms with Gasteiger partial charge in [0.1, 0.15) is 34.7 Å². The van der Waals surface area contributed by atoms with Crippen LogP contribution in [0.25, 0.3) is 0 Å². The fourth-order valence-corrected chi connectivity index (χ4v) is 4.98. The van der Waals surface area contributed by atoms with Crippen molar-refractivity contribution in [2.24, 2.45) is 0 Å². The third kappa shape index (κ3) is 19.1. The fraction of sp³-hybridized carbons (Fsp3) is 0.676. The Bertz CT molecular complexity index is 1560. The van der Waals surface area contributed by atoms with Gasteiger partial charge in [0, 0.05) is 71.0 Å². The maximum atomic E-state index is 13.3.